The molecule has 0 radical (unpaired) electrons. The highest BCUT2D eigenvalue weighted by atomic mass is 16.5. The van der Waals surface area contributed by atoms with E-state index in [4.69, 9.17) is 4.74 Å². The van der Waals surface area contributed by atoms with E-state index in [1.807, 2.05) is 0 Å². The largest absolute Gasteiger partial charge is 0.497 e. The van der Waals surface area contributed by atoms with Crippen molar-refractivity contribution in [3.05, 3.63) is 59.2 Å². The van der Waals surface area contributed by atoms with Gasteiger partial charge >= 0.3 is 0 Å². The molecule has 29 heavy (non-hydrogen) atoms. The summed E-state index contributed by atoms with van der Waals surface area (Å²) < 4.78 is 5.16. The Morgan fingerprint density at radius 3 is 2.72 bits per heavy atom. The van der Waals surface area contributed by atoms with Crippen molar-refractivity contribution in [2.45, 2.75) is 58.5 Å². The third kappa shape index (κ3) is 4.44. The number of nitrogens with one attached hydrogen (secondary N) is 1. The Morgan fingerprint density at radius 1 is 1.28 bits per heavy atom. The minimum Gasteiger partial charge on any atom is -0.497 e. The Morgan fingerprint density at radius 2 is 2.03 bits per heavy atom. The first-order valence-electron chi connectivity index (χ1n) is 10.1. The molecule has 1 N–H and O–H groups in total. The minimum atomic E-state index is -0.265. The summed E-state index contributed by atoms with van der Waals surface area (Å²) in [5.41, 5.74) is 6.83. The number of hydrogen-bond donors (Lipinski definition) is 1. The molecular weight excluding hydrogens is 362 g/mol. The van der Waals surface area contributed by atoms with Crippen molar-refractivity contribution in [1.82, 2.24) is 5.43 Å². The van der Waals surface area contributed by atoms with Crippen LogP contribution in [0.3, 0.4) is 0 Å². The van der Waals surface area contributed by atoms with Crippen LogP contribution in [0.1, 0.15) is 68.4 Å². The maximum Gasteiger partial charge on any atom is 0.271 e. The van der Waals surface area contributed by atoms with Crippen molar-refractivity contribution in [3.63, 3.8) is 0 Å². The van der Waals surface area contributed by atoms with Gasteiger partial charge in [0.2, 0.25) is 0 Å². The number of amides is 1. The van der Waals surface area contributed by atoms with Gasteiger partial charge in [0.1, 0.15) is 5.75 Å². The third-order valence-electron chi connectivity index (χ3n) is 5.53. The van der Waals surface area contributed by atoms with Crippen molar-refractivity contribution < 1.29 is 9.53 Å². The summed E-state index contributed by atoms with van der Waals surface area (Å²) >= 11 is 0. The molecule has 0 fully saturated rings. The van der Waals surface area contributed by atoms with E-state index in [0.29, 0.717) is 23.3 Å². The summed E-state index contributed by atoms with van der Waals surface area (Å²) in [5, 5.41) is 4.15. The van der Waals surface area contributed by atoms with Crippen molar-refractivity contribution >= 4 is 17.8 Å². The van der Waals surface area contributed by atoms with Crippen molar-refractivity contribution in [2.75, 3.05) is 12.0 Å². The molecule has 0 unspecified atom stereocenters. The van der Waals surface area contributed by atoms with E-state index in [1.165, 1.54) is 11.3 Å². The second-order valence-corrected chi connectivity index (χ2v) is 8.63. The van der Waals surface area contributed by atoms with Crippen LogP contribution in [0.25, 0.3) is 0 Å². The molecule has 5 heteroatoms. The smallest absolute Gasteiger partial charge is 0.271 e. The van der Waals surface area contributed by atoms with E-state index in [-0.39, 0.29) is 11.4 Å². The highest BCUT2D eigenvalue weighted by molar-refractivity contribution is 5.95. The summed E-state index contributed by atoms with van der Waals surface area (Å²) in [7, 11) is 1.58. The van der Waals surface area contributed by atoms with E-state index in [1.54, 1.807) is 37.6 Å². The molecular formula is C24H31N3O2. The van der Waals surface area contributed by atoms with Gasteiger partial charge in [-0.2, -0.15) is 5.10 Å². The maximum atomic E-state index is 12.3. The van der Waals surface area contributed by atoms with E-state index in [9.17, 15) is 4.79 Å². The number of fused-ring (bicyclic) bond motifs is 1. The normalized spacial score (nSPS) is 18.0. The Labute approximate surface area is 173 Å². The van der Waals surface area contributed by atoms with E-state index < -0.39 is 0 Å². The quantitative estimate of drug-likeness (QED) is 0.577. The molecule has 1 atom stereocenters. The molecule has 0 spiro atoms. The molecule has 0 aromatic heterocycles. The monoisotopic (exact) mass is 393 g/mol. The molecule has 0 aliphatic carbocycles. The molecule has 5 nitrogen and oxygen atoms in total. The number of rotatable bonds is 5. The first-order chi connectivity index (χ1) is 13.7. The number of hydrazone groups is 1. The molecule has 2 aromatic carbocycles. The predicted molar refractivity (Wildman–Crippen MR) is 119 cm³/mol. The van der Waals surface area contributed by atoms with Gasteiger partial charge in [0.15, 0.2) is 0 Å². The van der Waals surface area contributed by atoms with Crippen LogP contribution >= 0.6 is 0 Å². The molecule has 1 aliphatic rings. The molecule has 1 aliphatic heterocycles. The van der Waals surface area contributed by atoms with Crippen LogP contribution in [-0.4, -0.2) is 30.8 Å². The summed E-state index contributed by atoms with van der Waals surface area (Å²) in [6.45, 7) is 11.4. The second kappa shape index (κ2) is 8.27. The van der Waals surface area contributed by atoms with Gasteiger partial charge in [-0.3, -0.25) is 4.79 Å². The van der Waals surface area contributed by atoms with E-state index >= 15 is 0 Å². The van der Waals surface area contributed by atoms with E-state index in [2.05, 4.69) is 68.2 Å². The SMILES string of the molecule is COc1cccc(C(=O)N/N=C\c2ccc3c(c2)[C@@H](C)CC(C)(C)N3C(C)C)c1. The van der Waals surface area contributed by atoms with Gasteiger partial charge in [0.05, 0.1) is 13.3 Å². The van der Waals surface area contributed by atoms with Crippen LogP contribution in [-0.2, 0) is 0 Å². The highest BCUT2D eigenvalue weighted by Gasteiger charge is 2.37. The number of ether oxygens (including phenoxy) is 1. The molecule has 0 saturated heterocycles. The molecule has 3 rings (SSSR count). The van der Waals surface area contributed by atoms with Crippen LogP contribution in [0, 0.1) is 0 Å². The van der Waals surface area contributed by atoms with Gasteiger partial charge in [-0.25, -0.2) is 5.43 Å². The lowest BCUT2D eigenvalue weighted by Crippen LogP contribution is -2.51. The topological polar surface area (TPSA) is 53.9 Å². The fourth-order valence-corrected chi connectivity index (χ4v) is 4.52. The Balaban J connectivity index is 1.77. The van der Waals surface area contributed by atoms with Gasteiger partial charge in [-0.1, -0.05) is 19.1 Å². The van der Waals surface area contributed by atoms with Gasteiger partial charge < -0.3 is 9.64 Å². The van der Waals surface area contributed by atoms with Crippen LogP contribution in [0.5, 0.6) is 5.75 Å². The lowest BCUT2D eigenvalue weighted by molar-refractivity contribution is 0.0955. The minimum absolute atomic E-state index is 0.126. The Hall–Kier alpha value is -2.82. The van der Waals surface area contributed by atoms with Crippen LogP contribution in [0.2, 0.25) is 0 Å². The van der Waals surface area contributed by atoms with Crippen LogP contribution < -0.4 is 15.1 Å². The average Bonchev–Trinajstić information content (AvgIpc) is 2.67. The molecule has 1 heterocycles. The number of hydrogen-bond acceptors (Lipinski definition) is 4. The van der Waals surface area contributed by atoms with Gasteiger partial charge in [-0.05, 0) is 81.5 Å². The lowest BCUT2D eigenvalue weighted by atomic mass is 9.79. The van der Waals surface area contributed by atoms with Gasteiger partial charge in [-0.15, -0.1) is 0 Å². The Bertz CT molecular complexity index is 918. The Kier molecular flexibility index (Phi) is 5.96. The zero-order chi connectivity index (χ0) is 21.2. The summed E-state index contributed by atoms with van der Waals surface area (Å²) in [6.07, 6.45) is 2.80. The number of anilines is 1. The van der Waals surface area contributed by atoms with Crippen molar-refractivity contribution in [3.8, 4) is 5.75 Å². The van der Waals surface area contributed by atoms with Gasteiger partial charge in [0.25, 0.3) is 5.91 Å². The van der Waals surface area contributed by atoms with Crippen molar-refractivity contribution in [2.24, 2.45) is 5.10 Å². The second-order valence-electron chi connectivity index (χ2n) is 8.63. The first-order valence-corrected chi connectivity index (χ1v) is 10.1. The third-order valence-corrected chi connectivity index (χ3v) is 5.53. The molecule has 0 saturated carbocycles. The molecule has 2 aromatic rings. The molecule has 154 valence electrons. The standard InChI is InChI=1S/C24H31N3O2/c1-16(2)27-22-11-10-18(12-21(22)17(3)14-24(27,4)5)15-25-26-23(28)19-8-7-9-20(13-19)29-6/h7-13,15-17H,14H2,1-6H3,(H,26,28)/b25-15-/t17-/m0/s1. The summed E-state index contributed by atoms with van der Waals surface area (Å²) in [6, 6.07) is 13.9. The van der Waals surface area contributed by atoms with Crippen LogP contribution in [0.15, 0.2) is 47.6 Å². The lowest BCUT2D eigenvalue weighted by Gasteiger charge is -2.50. The van der Waals surface area contributed by atoms with Crippen molar-refractivity contribution in [1.29, 1.82) is 0 Å². The fraction of sp³-hybridized carbons (Fsp3) is 0.417. The number of benzene rings is 2. The average molecular weight is 394 g/mol. The number of carbonyl (C=O) groups excluding carboxylic acids is 1. The van der Waals surface area contributed by atoms with Gasteiger partial charge in [0, 0.05) is 22.8 Å². The highest BCUT2D eigenvalue weighted by Crippen LogP contribution is 2.44. The number of methoxy groups -OCH3 is 1. The van der Waals surface area contributed by atoms with E-state index in [0.717, 1.165) is 12.0 Å². The van der Waals surface area contributed by atoms with Crippen LogP contribution in [0.4, 0.5) is 5.69 Å². The fourth-order valence-electron chi connectivity index (χ4n) is 4.52. The maximum absolute atomic E-state index is 12.3. The zero-order valence-electron chi connectivity index (χ0n) is 18.2. The summed E-state index contributed by atoms with van der Waals surface area (Å²) in [4.78, 5) is 14.8. The molecule has 0 bridgehead atoms. The number of nitrogens with zero attached hydrogens (tertiary/aromatic N) is 2. The number of carbonyl (C=O) groups is 1. The summed E-state index contributed by atoms with van der Waals surface area (Å²) in [5.74, 6) is 0.844. The first kappa shape index (κ1) is 20.9. The zero-order valence-corrected chi connectivity index (χ0v) is 18.2. The predicted octanol–water partition coefficient (Wildman–Crippen LogP) is 4.96. The molecule has 1 amide bonds.